The van der Waals surface area contributed by atoms with Crippen LogP contribution in [0.2, 0.25) is 0 Å². The summed E-state index contributed by atoms with van der Waals surface area (Å²) in [6, 6.07) is 0. The van der Waals surface area contributed by atoms with Crippen LogP contribution in [-0.4, -0.2) is 22.9 Å². The van der Waals surface area contributed by atoms with E-state index in [-0.39, 0.29) is 162 Å². The van der Waals surface area contributed by atoms with E-state index >= 15 is 0 Å². The lowest BCUT2D eigenvalue weighted by Gasteiger charge is -2.58. The fourth-order valence-corrected chi connectivity index (χ4v) is 7.73. The summed E-state index contributed by atoms with van der Waals surface area (Å²) in [6.07, 6.45) is 12.5. The molecule has 0 bridgehead atoms. The van der Waals surface area contributed by atoms with Gasteiger partial charge in [-0.2, -0.15) is 0 Å². The predicted octanol–water partition coefficient (Wildman–Crippen LogP) is 17.9. The Morgan fingerprint density at radius 3 is 1.42 bits per heavy atom. The third-order valence-corrected chi connectivity index (χ3v) is 9.12. The molecule has 0 aliphatic heterocycles. The molecule has 3 saturated carbocycles. The Hall–Kier alpha value is -0.340. The molecule has 4 rings (SSSR count). The third-order valence-electron chi connectivity index (χ3n) is 9.12. The molecular formula is C43H120O2. The van der Waals surface area contributed by atoms with E-state index in [1.54, 1.807) is 5.57 Å². The van der Waals surface area contributed by atoms with Crippen LogP contribution >= 0.6 is 0 Å². The number of aliphatic hydroxyl groups excluding tert-OH is 2. The van der Waals surface area contributed by atoms with Gasteiger partial charge in [0.2, 0.25) is 0 Å². The molecule has 0 aromatic heterocycles. The predicted molar refractivity (Wildman–Crippen MR) is 239 cm³/mol. The average Bonchev–Trinajstić information content (AvgIpc) is 2.91. The summed E-state index contributed by atoms with van der Waals surface area (Å²) in [4.78, 5) is 0. The highest BCUT2D eigenvalue weighted by atomic mass is 16.3. The molecule has 304 valence electrons. The smallest absolute Gasteiger partial charge is 0.0545 e. The summed E-state index contributed by atoms with van der Waals surface area (Å²) in [5.41, 5.74) is 2.42. The van der Waals surface area contributed by atoms with Crippen LogP contribution in [0, 0.1) is 40.4 Å². The number of aliphatic hydroxyl groups is 2. The quantitative estimate of drug-likeness (QED) is 0.287. The van der Waals surface area contributed by atoms with Crippen LogP contribution < -0.4 is 0 Å². The van der Waals surface area contributed by atoms with Gasteiger partial charge in [-0.25, -0.2) is 0 Å². The molecule has 0 amide bonds. The Morgan fingerprint density at radius 2 is 1.04 bits per heavy atom. The van der Waals surface area contributed by atoms with Gasteiger partial charge in [0.15, 0.2) is 0 Å². The maximum atomic E-state index is 10.3. The van der Waals surface area contributed by atoms with Crippen molar-refractivity contribution in [1.29, 1.82) is 0 Å². The highest BCUT2D eigenvalue weighted by Gasteiger charge is 2.59. The maximum absolute atomic E-state index is 10.3. The van der Waals surface area contributed by atoms with E-state index in [9.17, 15) is 10.2 Å². The maximum Gasteiger partial charge on any atom is 0.0545 e. The van der Waals surface area contributed by atoms with Gasteiger partial charge in [-0.3, -0.25) is 0 Å². The molecule has 4 aliphatic carbocycles. The van der Waals surface area contributed by atoms with Crippen molar-refractivity contribution in [1.82, 2.24) is 0 Å². The second-order valence-corrected chi connectivity index (χ2v) is 10.0. The molecule has 0 saturated heterocycles. The first-order valence-electron chi connectivity index (χ1n) is 10.4. The lowest BCUT2D eigenvalue weighted by molar-refractivity contribution is -0.0650. The van der Waals surface area contributed by atoms with Crippen LogP contribution in [-0.2, 0) is 0 Å². The second kappa shape index (κ2) is 43.7. The standard InChI is InChI=1S/C22H36O2.21CH4/c1-14(24)18-6-7-19-17-5-4-16-12-15(13-23)8-10-21(16,2)20(17)9-11-22(18,19)3;;;;;;;;;;;;;;;;;;;;;/h4,14-15,17-20,23-24H,5-13H2,1-3H3;21*1H4/t14-,15?,17?,18+,19?,20?,21-,22+;;;;;;;;;;;;;;;;;;;;;/m0...................../s1. The highest BCUT2D eigenvalue weighted by molar-refractivity contribution is 5.25. The molecule has 0 aromatic carbocycles. The van der Waals surface area contributed by atoms with Crippen molar-refractivity contribution in [3.63, 3.8) is 0 Å². The van der Waals surface area contributed by atoms with Crippen molar-refractivity contribution >= 4 is 0 Å². The lowest BCUT2D eigenvalue weighted by atomic mass is 9.47. The third kappa shape index (κ3) is 18.7. The molecule has 4 unspecified atom stereocenters. The number of hydrogen-bond donors (Lipinski definition) is 2. The molecule has 45 heavy (non-hydrogen) atoms. The molecule has 3 fully saturated rings. The van der Waals surface area contributed by atoms with Crippen LogP contribution in [0.3, 0.4) is 0 Å². The van der Waals surface area contributed by atoms with Crippen molar-refractivity contribution in [2.45, 2.75) is 234 Å². The summed E-state index contributed by atoms with van der Waals surface area (Å²) in [5.74, 6) is 3.48. The van der Waals surface area contributed by atoms with Crippen LogP contribution in [0.4, 0.5) is 0 Å². The number of allylic oxidation sites excluding steroid dienone is 2. The molecule has 2 nitrogen and oxygen atoms in total. The summed E-state index contributed by atoms with van der Waals surface area (Å²) in [6.45, 7) is 7.40. The molecular weight excluding hydrogens is 548 g/mol. The molecule has 0 spiro atoms. The first kappa shape index (κ1) is 120. The molecule has 0 heterocycles. The lowest BCUT2D eigenvalue weighted by Crippen LogP contribution is -2.51. The van der Waals surface area contributed by atoms with Crippen LogP contribution in [0.15, 0.2) is 11.6 Å². The molecule has 0 radical (unpaired) electrons. The molecule has 2 N–H and O–H groups in total. The van der Waals surface area contributed by atoms with E-state index in [1.165, 1.54) is 44.9 Å². The van der Waals surface area contributed by atoms with E-state index < -0.39 is 0 Å². The number of fused-ring (bicyclic) bond motifs is 5. The van der Waals surface area contributed by atoms with Crippen LogP contribution in [0.25, 0.3) is 0 Å². The zero-order chi connectivity index (χ0) is 17.1. The Labute approximate surface area is 302 Å². The Morgan fingerprint density at radius 1 is 0.622 bits per heavy atom. The molecule has 2 heteroatoms. The van der Waals surface area contributed by atoms with Gasteiger partial charge >= 0.3 is 0 Å². The van der Waals surface area contributed by atoms with Crippen molar-refractivity contribution in [3.05, 3.63) is 11.6 Å². The van der Waals surface area contributed by atoms with E-state index in [0.717, 1.165) is 24.2 Å². The minimum atomic E-state index is -0.151. The fraction of sp³-hybridized carbons (Fsp3) is 0.953. The van der Waals surface area contributed by atoms with E-state index in [4.69, 9.17) is 0 Å². The monoisotopic (exact) mass is 669 g/mol. The normalized spacial score (nSPS) is 27.8. The Bertz CT molecular complexity index is 526. The van der Waals surface area contributed by atoms with Gasteiger partial charge in [0, 0.05) is 6.61 Å². The van der Waals surface area contributed by atoms with Gasteiger partial charge in [0.25, 0.3) is 0 Å². The first-order chi connectivity index (χ1) is 11.4. The topological polar surface area (TPSA) is 40.5 Å². The summed E-state index contributed by atoms with van der Waals surface area (Å²) >= 11 is 0. The first-order valence-corrected chi connectivity index (χ1v) is 10.4. The van der Waals surface area contributed by atoms with E-state index in [0.29, 0.717) is 29.3 Å². The summed E-state index contributed by atoms with van der Waals surface area (Å²) < 4.78 is 0. The minimum Gasteiger partial charge on any atom is -0.396 e. The molecule has 0 aromatic rings. The summed E-state index contributed by atoms with van der Waals surface area (Å²) in [7, 11) is 0. The van der Waals surface area contributed by atoms with Gasteiger partial charge in [-0.15, -0.1) is 0 Å². The Balaban J connectivity index is -0.0000000217. The van der Waals surface area contributed by atoms with Crippen molar-refractivity contribution in [2.75, 3.05) is 6.61 Å². The zero-order valence-electron chi connectivity index (χ0n) is 15.8. The Kier molecular flexibility index (Phi) is 116. The number of hydrogen-bond acceptors (Lipinski definition) is 2. The van der Waals surface area contributed by atoms with Crippen LogP contribution in [0.1, 0.15) is 228 Å². The van der Waals surface area contributed by atoms with Gasteiger partial charge in [0.05, 0.1) is 6.10 Å². The van der Waals surface area contributed by atoms with Gasteiger partial charge in [-0.1, -0.05) is 181 Å². The summed E-state index contributed by atoms with van der Waals surface area (Å²) in [5, 5.41) is 19.9. The fourth-order valence-electron chi connectivity index (χ4n) is 7.73. The van der Waals surface area contributed by atoms with Gasteiger partial charge in [-0.05, 0) is 98.7 Å². The molecule has 8 atom stereocenters. The van der Waals surface area contributed by atoms with Gasteiger partial charge < -0.3 is 10.2 Å². The van der Waals surface area contributed by atoms with E-state index in [2.05, 4.69) is 19.9 Å². The van der Waals surface area contributed by atoms with Crippen molar-refractivity contribution in [3.8, 4) is 0 Å². The van der Waals surface area contributed by atoms with Gasteiger partial charge in [0.1, 0.15) is 0 Å². The highest BCUT2D eigenvalue weighted by Crippen LogP contribution is 2.66. The molecule has 4 aliphatic rings. The largest absolute Gasteiger partial charge is 0.396 e. The van der Waals surface area contributed by atoms with Crippen molar-refractivity contribution < 1.29 is 10.2 Å². The van der Waals surface area contributed by atoms with Crippen LogP contribution in [0.5, 0.6) is 0 Å². The zero-order valence-corrected chi connectivity index (χ0v) is 15.8. The second-order valence-electron chi connectivity index (χ2n) is 10.0. The van der Waals surface area contributed by atoms with Crippen molar-refractivity contribution in [2.24, 2.45) is 40.4 Å². The SMILES string of the molecule is C.C.C.C.C.C.C.C.C.C.C.C.C.C.C.C.C.C.C.C.C.C[C@H](O)[C@H]1CCC2C3CC=C4CC(CO)CC[C@]4(C)C3CC[C@@]21C. The minimum absolute atomic E-state index is 0. The van der Waals surface area contributed by atoms with E-state index in [1.807, 2.05) is 6.92 Å². The average molecular weight is 669 g/mol. The number of rotatable bonds is 2.